The maximum absolute atomic E-state index is 6.15. The molecule has 3 aromatic rings. The van der Waals surface area contributed by atoms with Crippen molar-refractivity contribution in [2.45, 2.75) is 11.0 Å². The summed E-state index contributed by atoms with van der Waals surface area (Å²) in [7, 11) is 0. The molecule has 0 saturated carbocycles. The molecule has 0 unspecified atom stereocenters. The van der Waals surface area contributed by atoms with E-state index in [4.69, 9.17) is 39.2 Å². The van der Waals surface area contributed by atoms with E-state index in [1.165, 1.54) is 11.8 Å². The Labute approximate surface area is 147 Å². The standard InChI is InChI=1S/C16H10Cl3NOS/c17-11-6-4-10(5-7-11)15-8-20-16(21-15)22-9-12-13(18)2-1-3-14(12)19/h1-8H,9H2. The van der Waals surface area contributed by atoms with Crippen LogP contribution >= 0.6 is 46.6 Å². The third-order valence-electron chi connectivity index (χ3n) is 3.01. The number of oxazole rings is 1. The van der Waals surface area contributed by atoms with Gasteiger partial charge in [0.1, 0.15) is 0 Å². The summed E-state index contributed by atoms with van der Waals surface area (Å²) in [6.07, 6.45) is 1.69. The predicted octanol–water partition coefficient (Wildman–Crippen LogP) is 6.59. The molecular weight excluding hydrogens is 361 g/mol. The maximum Gasteiger partial charge on any atom is 0.256 e. The second-order valence-electron chi connectivity index (χ2n) is 4.49. The van der Waals surface area contributed by atoms with Gasteiger partial charge in [0.25, 0.3) is 5.22 Å². The molecule has 0 spiro atoms. The highest BCUT2D eigenvalue weighted by Gasteiger charge is 2.10. The molecule has 3 rings (SSSR count). The highest BCUT2D eigenvalue weighted by Crippen LogP contribution is 2.32. The van der Waals surface area contributed by atoms with E-state index in [1.807, 2.05) is 42.5 Å². The van der Waals surface area contributed by atoms with Gasteiger partial charge in [-0.25, -0.2) is 4.98 Å². The summed E-state index contributed by atoms with van der Waals surface area (Å²) >= 11 is 19.6. The van der Waals surface area contributed by atoms with E-state index in [0.29, 0.717) is 31.8 Å². The summed E-state index contributed by atoms with van der Waals surface area (Å²) < 4.78 is 5.73. The fourth-order valence-corrected chi connectivity index (χ4v) is 3.55. The lowest BCUT2D eigenvalue weighted by atomic mass is 10.2. The molecule has 0 amide bonds. The van der Waals surface area contributed by atoms with Crippen LogP contribution in [0.25, 0.3) is 11.3 Å². The van der Waals surface area contributed by atoms with Crippen LogP contribution in [-0.4, -0.2) is 4.98 Å². The van der Waals surface area contributed by atoms with Crippen molar-refractivity contribution in [3.05, 3.63) is 69.3 Å². The molecule has 22 heavy (non-hydrogen) atoms. The number of aromatic nitrogens is 1. The molecule has 0 bridgehead atoms. The zero-order chi connectivity index (χ0) is 15.5. The lowest BCUT2D eigenvalue weighted by Crippen LogP contribution is -1.84. The first kappa shape index (κ1) is 15.8. The Hall–Kier alpha value is -1.13. The second-order valence-corrected chi connectivity index (χ2v) is 6.66. The first-order valence-electron chi connectivity index (χ1n) is 6.41. The number of hydrogen-bond acceptors (Lipinski definition) is 3. The molecule has 0 radical (unpaired) electrons. The van der Waals surface area contributed by atoms with E-state index in [-0.39, 0.29) is 0 Å². The molecule has 112 valence electrons. The van der Waals surface area contributed by atoms with Crippen molar-refractivity contribution in [3.63, 3.8) is 0 Å². The second kappa shape index (κ2) is 6.97. The third-order valence-corrected chi connectivity index (χ3v) is 4.84. The first-order chi connectivity index (χ1) is 10.6. The van der Waals surface area contributed by atoms with Gasteiger partial charge < -0.3 is 4.42 Å². The molecule has 0 fully saturated rings. The topological polar surface area (TPSA) is 26.0 Å². The zero-order valence-corrected chi connectivity index (χ0v) is 14.3. The molecule has 0 aliphatic rings. The monoisotopic (exact) mass is 369 g/mol. The molecular formula is C16H10Cl3NOS. The average Bonchev–Trinajstić information content (AvgIpc) is 2.96. The lowest BCUT2D eigenvalue weighted by molar-refractivity contribution is 0.466. The Morgan fingerprint density at radius 3 is 2.32 bits per heavy atom. The number of benzene rings is 2. The van der Waals surface area contributed by atoms with Gasteiger partial charge in [0, 0.05) is 26.4 Å². The van der Waals surface area contributed by atoms with E-state index in [0.717, 1.165) is 11.1 Å². The molecule has 1 heterocycles. The van der Waals surface area contributed by atoms with Crippen molar-refractivity contribution in [2.75, 3.05) is 0 Å². The summed E-state index contributed by atoms with van der Waals surface area (Å²) in [5, 5.41) is 2.54. The van der Waals surface area contributed by atoms with Crippen molar-refractivity contribution in [1.82, 2.24) is 4.98 Å². The Morgan fingerprint density at radius 1 is 0.955 bits per heavy atom. The Balaban J connectivity index is 1.73. The zero-order valence-electron chi connectivity index (χ0n) is 11.2. The summed E-state index contributed by atoms with van der Waals surface area (Å²) in [5.74, 6) is 1.29. The summed E-state index contributed by atoms with van der Waals surface area (Å²) in [4.78, 5) is 4.27. The van der Waals surface area contributed by atoms with Gasteiger partial charge in [-0.15, -0.1) is 0 Å². The number of thioether (sulfide) groups is 1. The van der Waals surface area contributed by atoms with E-state index in [1.54, 1.807) is 6.20 Å². The minimum atomic E-state index is 0.570. The lowest BCUT2D eigenvalue weighted by Gasteiger charge is -2.04. The van der Waals surface area contributed by atoms with Crippen LogP contribution in [-0.2, 0) is 5.75 Å². The fourth-order valence-electron chi connectivity index (χ4n) is 1.88. The van der Waals surface area contributed by atoms with E-state index in [9.17, 15) is 0 Å². The van der Waals surface area contributed by atoms with Gasteiger partial charge in [0.2, 0.25) is 0 Å². The van der Waals surface area contributed by atoms with Crippen LogP contribution in [0.3, 0.4) is 0 Å². The van der Waals surface area contributed by atoms with Crippen LogP contribution in [0.2, 0.25) is 15.1 Å². The van der Waals surface area contributed by atoms with Crippen LogP contribution in [0, 0.1) is 0 Å². The van der Waals surface area contributed by atoms with Crippen LogP contribution in [0.5, 0.6) is 0 Å². The fraction of sp³-hybridized carbons (Fsp3) is 0.0625. The number of rotatable bonds is 4. The van der Waals surface area contributed by atoms with Gasteiger partial charge in [-0.1, -0.05) is 52.6 Å². The minimum Gasteiger partial charge on any atom is -0.431 e. The Morgan fingerprint density at radius 2 is 1.64 bits per heavy atom. The van der Waals surface area contributed by atoms with Gasteiger partial charge in [-0.3, -0.25) is 0 Å². The number of nitrogens with zero attached hydrogens (tertiary/aromatic N) is 1. The van der Waals surface area contributed by atoms with Gasteiger partial charge in [0.15, 0.2) is 5.76 Å². The summed E-state index contributed by atoms with van der Waals surface area (Å²) in [6.45, 7) is 0. The van der Waals surface area contributed by atoms with Crippen molar-refractivity contribution < 1.29 is 4.42 Å². The molecule has 0 saturated heterocycles. The Kier molecular flexibility index (Phi) is 4.99. The molecule has 0 N–H and O–H groups in total. The predicted molar refractivity (Wildman–Crippen MR) is 93.0 cm³/mol. The van der Waals surface area contributed by atoms with Crippen LogP contribution < -0.4 is 0 Å². The SMILES string of the molecule is Clc1ccc(-c2cnc(SCc3c(Cl)cccc3Cl)o2)cc1. The summed E-state index contributed by atoms with van der Waals surface area (Å²) in [6, 6.07) is 12.9. The highest BCUT2D eigenvalue weighted by atomic mass is 35.5. The van der Waals surface area contributed by atoms with Gasteiger partial charge in [-0.2, -0.15) is 0 Å². The molecule has 2 nitrogen and oxygen atoms in total. The minimum absolute atomic E-state index is 0.570. The first-order valence-corrected chi connectivity index (χ1v) is 8.53. The molecule has 2 aromatic carbocycles. The van der Waals surface area contributed by atoms with Gasteiger partial charge in [0.05, 0.1) is 6.20 Å². The molecule has 0 atom stereocenters. The summed E-state index contributed by atoms with van der Waals surface area (Å²) in [5.41, 5.74) is 1.81. The van der Waals surface area contributed by atoms with Crippen LogP contribution in [0.15, 0.2) is 58.3 Å². The Bertz CT molecular complexity index is 766. The largest absolute Gasteiger partial charge is 0.431 e. The molecule has 0 aliphatic carbocycles. The van der Waals surface area contributed by atoms with Crippen molar-refractivity contribution in [3.8, 4) is 11.3 Å². The van der Waals surface area contributed by atoms with Crippen LogP contribution in [0.1, 0.15) is 5.56 Å². The maximum atomic E-state index is 6.15. The van der Waals surface area contributed by atoms with E-state index >= 15 is 0 Å². The number of halogens is 3. The molecule has 6 heteroatoms. The van der Waals surface area contributed by atoms with Gasteiger partial charge >= 0.3 is 0 Å². The van der Waals surface area contributed by atoms with Crippen LogP contribution in [0.4, 0.5) is 0 Å². The average molecular weight is 371 g/mol. The van der Waals surface area contributed by atoms with E-state index in [2.05, 4.69) is 4.98 Å². The van der Waals surface area contributed by atoms with Crippen molar-refractivity contribution in [2.24, 2.45) is 0 Å². The molecule has 0 aliphatic heterocycles. The highest BCUT2D eigenvalue weighted by molar-refractivity contribution is 7.98. The quantitative estimate of drug-likeness (QED) is 0.484. The smallest absolute Gasteiger partial charge is 0.256 e. The van der Waals surface area contributed by atoms with Gasteiger partial charge in [-0.05, 0) is 42.0 Å². The number of hydrogen-bond donors (Lipinski definition) is 0. The van der Waals surface area contributed by atoms with Crippen molar-refractivity contribution in [1.29, 1.82) is 0 Å². The normalized spacial score (nSPS) is 10.9. The molecule has 1 aromatic heterocycles. The third kappa shape index (κ3) is 3.61. The van der Waals surface area contributed by atoms with Crippen molar-refractivity contribution >= 4 is 46.6 Å². The van der Waals surface area contributed by atoms with E-state index < -0.39 is 0 Å².